The summed E-state index contributed by atoms with van der Waals surface area (Å²) in [4.78, 5) is 35.7. The van der Waals surface area contributed by atoms with Crippen molar-refractivity contribution in [2.75, 3.05) is 0 Å². The molecule has 0 saturated carbocycles. The smallest absolute Gasteiger partial charge is 0.326 e. The zero-order valence-corrected chi connectivity index (χ0v) is 15.8. The maximum Gasteiger partial charge on any atom is 0.326 e. The highest BCUT2D eigenvalue weighted by Crippen LogP contribution is 2.21. The Labute approximate surface area is 158 Å². The number of nitrogens with one attached hydrogen (secondary N) is 1. The van der Waals surface area contributed by atoms with Crippen LogP contribution >= 0.6 is 0 Å². The first-order valence-corrected chi connectivity index (χ1v) is 8.81. The van der Waals surface area contributed by atoms with E-state index in [2.05, 4.69) is 10.4 Å². The van der Waals surface area contributed by atoms with Gasteiger partial charge < -0.3 is 10.4 Å². The van der Waals surface area contributed by atoms with E-state index in [9.17, 15) is 19.5 Å². The molecule has 1 amide bonds. The molecule has 0 aliphatic heterocycles. The SMILES string of the molecule is CC(C)(C)CCC(NC(=O)Cn1nc(-c2ccccc2)ccc1=O)C(=O)O. The number of nitrogens with zero attached hydrogens (tertiary/aromatic N) is 2. The molecule has 2 aromatic rings. The summed E-state index contributed by atoms with van der Waals surface area (Å²) < 4.78 is 1.04. The summed E-state index contributed by atoms with van der Waals surface area (Å²) in [6.45, 7) is 5.68. The van der Waals surface area contributed by atoms with Gasteiger partial charge >= 0.3 is 5.97 Å². The van der Waals surface area contributed by atoms with Gasteiger partial charge in [0.05, 0.1) is 5.69 Å². The van der Waals surface area contributed by atoms with Crippen molar-refractivity contribution in [2.45, 2.75) is 46.2 Å². The second-order valence-electron chi connectivity index (χ2n) is 7.64. The van der Waals surface area contributed by atoms with E-state index >= 15 is 0 Å². The molecular formula is C20H25N3O4. The average molecular weight is 371 g/mol. The summed E-state index contributed by atoms with van der Waals surface area (Å²) in [5, 5.41) is 16.0. The van der Waals surface area contributed by atoms with Crippen LogP contribution in [0.4, 0.5) is 0 Å². The van der Waals surface area contributed by atoms with Crippen molar-refractivity contribution < 1.29 is 14.7 Å². The Morgan fingerprint density at radius 1 is 1.15 bits per heavy atom. The Balaban J connectivity index is 2.10. The Morgan fingerprint density at radius 2 is 1.81 bits per heavy atom. The zero-order chi connectivity index (χ0) is 20.0. The van der Waals surface area contributed by atoms with Crippen LogP contribution in [0.1, 0.15) is 33.6 Å². The number of hydrogen-bond donors (Lipinski definition) is 2. The van der Waals surface area contributed by atoms with Gasteiger partial charge in [-0.15, -0.1) is 0 Å². The summed E-state index contributed by atoms with van der Waals surface area (Å²) in [5.41, 5.74) is 0.915. The van der Waals surface area contributed by atoms with Crippen molar-refractivity contribution in [2.24, 2.45) is 5.41 Å². The third kappa shape index (κ3) is 6.36. The number of benzene rings is 1. The highest BCUT2D eigenvalue weighted by atomic mass is 16.4. The Kier molecular flexibility index (Phi) is 6.50. The number of carboxylic acid groups (broad SMARTS) is 1. The third-order valence-corrected chi connectivity index (χ3v) is 4.05. The van der Waals surface area contributed by atoms with Crippen molar-refractivity contribution >= 4 is 11.9 Å². The van der Waals surface area contributed by atoms with Crippen LogP contribution in [0.3, 0.4) is 0 Å². The highest BCUT2D eigenvalue weighted by Gasteiger charge is 2.23. The molecule has 1 unspecified atom stereocenters. The fourth-order valence-electron chi connectivity index (χ4n) is 2.54. The van der Waals surface area contributed by atoms with Crippen molar-refractivity contribution in [3.63, 3.8) is 0 Å². The molecule has 7 heteroatoms. The van der Waals surface area contributed by atoms with Gasteiger partial charge in [0.15, 0.2) is 0 Å². The van der Waals surface area contributed by atoms with E-state index < -0.39 is 23.5 Å². The van der Waals surface area contributed by atoms with Crippen LogP contribution in [0.2, 0.25) is 0 Å². The van der Waals surface area contributed by atoms with Gasteiger partial charge in [0.2, 0.25) is 5.91 Å². The van der Waals surface area contributed by atoms with Crippen LogP contribution < -0.4 is 10.9 Å². The zero-order valence-electron chi connectivity index (χ0n) is 15.8. The molecule has 1 heterocycles. The van der Waals surface area contributed by atoms with Gasteiger partial charge in [0.25, 0.3) is 5.56 Å². The number of amides is 1. The second kappa shape index (κ2) is 8.62. The fourth-order valence-corrected chi connectivity index (χ4v) is 2.54. The minimum atomic E-state index is -1.09. The molecule has 0 saturated heterocycles. The molecule has 27 heavy (non-hydrogen) atoms. The number of aromatic nitrogens is 2. The maximum atomic E-state index is 12.3. The van der Waals surface area contributed by atoms with Gasteiger partial charge in [-0.1, -0.05) is 51.1 Å². The quantitative estimate of drug-likeness (QED) is 0.778. The standard InChI is InChI=1S/C20H25N3O4/c1-20(2,3)12-11-16(19(26)27)21-17(24)13-23-18(25)10-9-15(22-23)14-7-5-4-6-8-14/h4-10,16H,11-13H2,1-3H3,(H,21,24)(H,26,27). The van der Waals surface area contributed by atoms with Crippen LogP contribution in [0.5, 0.6) is 0 Å². The normalized spacial score (nSPS) is 12.4. The lowest BCUT2D eigenvalue weighted by atomic mass is 9.88. The number of rotatable bonds is 7. The summed E-state index contributed by atoms with van der Waals surface area (Å²) in [5.74, 6) is -1.65. The molecule has 144 valence electrons. The molecule has 1 aromatic heterocycles. The van der Waals surface area contributed by atoms with Gasteiger partial charge in [-0.3, -0.25) is 9.59 Å². The van der Waals surface area contributed by atoms with Crippen molar-refractivity contribution in [1.29, 1.82) is 0 Å². The number of carbonyl (C=O) groups is 2. The predicted molar refractivity (Wildman–Crippen MR) is 102 cm³/mol. The average Bonchev–Trinajstić information content (AvgIpc) is 2.60. The summed E-state index contributed by atoms with van der Waals surface area (Å²) >= 11 is 0. The third-order valence-electron chi connectivity index (χ3n) is 4.05. The molecule has 0 spiro atoms. The molecule has 2 N–H and O–H groups in total. The lowest BCUT2D eigenvalue weighted by Crippen LogP contribution is -2.44. The van der Waals surface area contributed by atoms with Gasteiger partial charge in [-0.05, 0) is 24.3 Å². The van der Waals surface area contributed by atoms with Crippen molar-refractivity contribution in [3.05, 3.63) is 52.8 Å². The van der Waals surface area contributed by atoms with E-state index in [1.54, 1.807) is 6.07 Å². The van der Waals surface area contributed by atoms with E-state index in [4.69, 9.17) is 0 Å². The van der Waals surface area contributed by atoms with Crippen molar-refractivity contribution in [3.8, 4) is 11.3 Å². The van der Waals surface area contributed by atoms with E-state index in [-0.39, 0.29) is 12.0 Å². The van der Waals surface area contributed by atoms with E-state index in [0.29, 0.717) is 18.5 Å². The summed E-state index contributed by atoms with van der Waals surface area (Å²) in [6.07, 6.45) is 0.961. The Morgan fingerprint density at radius 3 is 2.41 bits per heavy atom. The number of carbonyl (C=O) groups excluding carboxylic acids is 1. The molecule has 1 atom stereocenters. The van der Waals surface area contributed by atoms with Crippen molar-refractivity contribution in [1.82, 2.24) is 15.1 Å². The molecule has 0 radical (unpaired) electrons. The second-order valence-corrected chi connectivity index (χ2v) is 7.64. The number of hydrogen-bond acceptors (Lipinski definition) is 4. The molecular weight excluding hydrogens is 346 g/mol. The van der Waals surface area contributed by atoms with Crippen LogP contribution in [-0.2, 0) is 16.1 Å². The van der Waals surface area contributed by atoms with Gasteiger partial charge in [-0.2, -0.15) is 5.10 Å². The van der Waals surface area contributed by atoms with E-state index in [0.717, 1.165) is 10.2 Å². The Bertz CT molecular complexity index is 854. The monoisotopic (exact) mass is 371 g/mol. The van der Waals surface area contributed by atoms with E-state index in [1.807, 2.05) is 51.1 Å². The molecule has 2 rings (SSSR count). The van der Waals surface area contributed by atoms with Crippen LogP contribution in [0.15, 0.2) is 47.3 Å². The van der Waals surface area contributed by atoms with E-state index in [1.165, 1.54) is 6.07 Å². The molecule has 0 aliphatic rings. The van der Waals surface area contributed by atoms with Gasteiger partial charge in [-0.25, -0.2) is 9.48 Å². The van der Waals surface area contributed by atoms with Crippen LogP contribution in [0, 0.1) is 5.41 Å². The largest absolute Gasteiger partial charge is 0.480 e. The minimum Gasteiger partial charge on any atom is -0.480 e. The molecule has 7 nitrogen and oxygen atoms in total. The minimum absolute atomic E-state index is 0.0407. The predicted octanol–water partition coefficient (Wildman–Crippen LogP) is 2.31. The molecule has 0 fully saturated rings. The lowest BCUT2D eigenvalue weighted by Gasteiger charge is -2.21. The van der Waals surface area contributed by atoms with Crippen LogP contribution in [0.25, 0.3) is 11.3 Å². The van der Waals surface area contributed by atoms with Crippen LogP contribution in [-0.4, -0.2) is 32.8 Å². The van der Waals surface area contributed by atoms with Gasteiger partial charge in [0.1, 0.15) is 12.6 Å². The molecule has 0 aliphatic carbocycles. The first-order valence-electron chi connectivity index (χ1n) is 8.81. The topological polar surface area (TPSA) is 101 Å². The maximum absolute atomic E-state index is 12.3. The number of aliphatic carboxylic acids is 1. The first-order chi connectivity index (χ1) is 12.7. The van der Waals surface area contributed by atoms with Gasteiger partial charge in [0, 0.05) is 11.6 Å². The highest BCUT2D eigenvalue weighted by molar-refractivity contribution is 5.83. The first kappa shape index (κ1) is 20.4. The molecule has 1 aromatic carbocycles. The Hall–Kier alpha value is -2.96. The fraction of sp³-hybridized carbons (Fsp3) is 0.400. The summed E-state index contributed by atoms with van der Waals surface area (Å²) in [6, 6.07) is 11.2. The summed E-state index contributed by atoms with van der Waals surface area (Å²) in [7, 11) is 0. The lowest BCUT2D eigenvalue weighted by molar-refractivity contribution is -0.142. The number of carboxylic acids is 1. The molecule has 0 bridgehead atoms.